The first-order valence-corrected chi connectivity index (χ1v) is 5.76. The average molecular weight is 259 g/mol. The fraction of sp³-hybridized carbons (Fsp3) is 0.250. The molecular formula is C8H10ClNNaO3S+. The maximum Gasteiger partial charge on any atom is 1.00 e. The Morgan fingerprint density at radius 3 is 2.20 bits per heavy atom. The van der Waals surface area contributed by atoms with E-state index < -0.39 is 15.5 Å². The van der Waals surface area contributed by atoms with Crippen LogP contribution in [0.1, 0.15) is 6.92 Å². The molecule has 15 heavy (non-hydrogen) atoms. The van der Waals surface area contributed by atoms with Crippen LogP contribution in [0.25, 0.3) is 0 Å². The molecule has 7 heteroatoms. The van der Waals surface area contributed by atoms with E-state index in [0.717, 1.165) is 0 Å². The van der Waals surface area contributed by atoms with Crippen molar-refractivity contribution < 1.29 is 42.5 Å². The van der Waals surface area contributed by atoms with Gasteiger partial charge in [-0.15, -0.1) is 0 Å². The van der Waals surface area contributed by atoms with E-state index in [1.54, 1.807) is 24.3 Å². The maximum atomic E-state index is 10.7. The number of hydrogen-bond acceptors (Lipinski definition) is 3. The molecule has 4 nitrogen and oxygen atoms in total. The van der Waals surface area contributed by atoms with Crippen molar-refractivity contribution in [2.75, 3.05) is 5.32 Å². The van der Waals surface area contributed by atoms with E-state index in [2.05, 4.69) is 5.32 Å². The second kappa shape index (κ2) is 6.08. The van der Waals surface area contributed by atoms with Gasteiger partial charge in [-0.25, -0.2) is 0 Å². The Morgan fingerprint density at radius 1 is 1.33 bits per heavy atom. The van der Waals surface area contributed by atoms with Crippen molar-refractivity contribution in [1.82, 2.24) is 0 Å². The summed E-state index contributed by atoms with van der Waals surface area (Å²) in [5.41, 5.74) is 0.583. The van der Waals surface area contributed by atoms with E-state index in [-0.39, 0.29) is 29.6 Å². The van der Waals surface area contributed by atoms with Gasteiger partial charge in [-0.1, -0.05) is 11.6 Å². The zero-order valence-corrected chi connectivity index (χ0v) is 12.0. The minimum Gasteiger partial charge on any atom is -0.367 e. The van der Waals surface area contributed by atoms with Gasteiger partial charge in [0.1, 0.15) is 0 Å². The Balaban J connectivity index is 0.00000196. The van der Waals surface area contributed by atoms with E-state index in [0.29, 0.717) is 10.7 Å². The standard InChI is InChI=1S/C8H10ClNO3S.Na/c1-6(14(11,12)13)10-8-4-2-7(9)3-5-8;/h2-6,10H,1H3,(H,11,12,13);/q;+1. The monoisotopic (exact) mass is 258 g/mol. The van der Waals surface area contributed by atoms with Gasteiger partial charge in [0.25, 0.3) is 10.1 Å². The van der Waals surface area contributed by atoms with Gasteiger partial charge in [-0.2, -0.15) is 8.42 Å². The number of hydrogen-bond donors (Lipinski definition) is 2. The molecule has 0 aliphatic carbocycles. The van der Waals surface area contributed by atoms with Gasteiger partial charge < -0.3 is 5.32 Å². The first-order valence-electron chi connectivity index (χ1n) is 3.88. The first-order chi connectivity index (χ1) is 6.39. The van der Waals surface area contributed by atoms with Gasteiger partial charge in [0.05, 0.1) is 0 Å². The van der Waals surface area contributed by atoms with Crippen LogP contribution in [0, 0.1) is 0 Å². The second-order valence-corrected chi connectivity index (χ2v) is 4.98. The third kappa shape index (κ3) is 5.19. The number of nitrogens with one attached hydrogen (secondary N) is 1. The molecule has 0 saturated carbocycles. The molecule has 1 rings (SSSR count). The predicted octanol–water partition coefficient (Wildman–Crippen LogP) is -1.01. The molecule has 1 aromatic rings. The summed E-state index contributed by atoms with van der Waals surface area (Å²) >= 11 is 5.64. The summed E-state index contributed by atoms with van der Waals surface area (Å²) in [5.74, 6) is 0. The molecule has 0 radical (unpaired) electrons. The molecule has 0 aliphatic heterocycles. The van der Waals surface area contributed by atoms with E-state index in [1.807, 2.05) is 0 Å². The molecule has 0 saturated heterocycles. The Bertz CT molecular complexity index is 406. The zero-order chi connectivity index (χ0) is 10.8. The fourth-order valence-corrected chi connectivity index (χ4v) is 1.27. The van der Waals surface area contributed by atoms with Gasteiger partial charge in [0.15, 0.2) is 5.37 Å². The number of benzene rings is 1. The predicted molar refractivity (Wildman–Crippen MR) is 56.1 cm³/mol. The molecule has 2 N–H and O–H groups in total. The molecule has 0 aliphatic rings. The van der Waals surface area contributed by atoms with Crippen LogP contribution in [0.5, 0.6) is 0 Å². The fourth-order valence-electron chi connectivity index (χ4n) is 0.855. The smallest absolute Gasteiger partial charge is 0.367 e. The minimum absolute atomic E-state index is 0. The van der Waals surface area contributed by atoms with Crippen molar-refractivity contribution in [2.24, 2.45) is 0 Å². The van der Waals surface area contributed by atoms with Crippen molar-refractivity contribution in [3.63, 3.8) is 0 Å². The van der Waals surface area contributed by atoms with Crippen LogP contribution in [-0.2, 0) is 10.1 Å². The molecule has 0 spiro atoms. The summed E-state index contributed by atoms with van der Waals surface area (Å²) < 4.78 is 30.0. The van der Waals surface area contributed by atoms with Gasteiger partial charge in [-0.3, -0.25) is 4.55 Å². The Labute approximate surface area is 116 Å². The topological polar surface area (TPSA) is 66.4 Å². The first kappa shape index (κ1) is 15.2. The molecule has 1 unspecified atom stereocenters. The summed E-state index contributed by atoms with van der Waals surface area (Å²) in [5, 5.41) is 2.14. The van der Waals surface area contributed by atoms with Gasteiger partial charge in [-0.05, 0) is 31.2 Å². The third-order valence-electron chi connectivity index (χ3n) is 1.66. The SMILES string of the molecule is CC(Nc1ccc(Cl)cc1)S(=O)(=O)O.[Na+]. The molecule has 1 atom stereocenters. The third-order valence-corrected chi connectivity index (χ3v) is 2.92. The summed E-state index contributed by atoms with van der Waals surface area (Å²) in [4.78, 5) is 0. The molecule has 0 fully saturated rings. The molecule has 0 aromatic heterocycles. The van der Waals surface area contributed by atoms with E-state index in [1.165, 1.54) is 6.92 Å². The molecule has 0 bridgehead atoms. The Morgan fingerprint density at radius 2 is 1.80 bits per heavy atom. The second-order valence-electron chi connectivity index (χ2n) is 2.81. The van der Waals surface area contributed by atoms with Crippen molar-refractivity contribution in [3.05, 3.63) is 29.3 Å². The maximum absolute atomic E-state index is 10.7. The van der Waals surface area contributed by atoms with Crippen molar-refractivity contribution in [2.45, 2.75) is 12.3 Å². The van der Waals surface area contributed by atoms with E-state index in [4.69, 9.17) is 16.2 Å². The summed E-state index contributed by atoms with van der Waals surface area (Å²) in [6.45, 7) is 1.35. The van der Waals surface area contributed by atoms with Crippen molar-refractivity contribution in [1.29, 1.82) is 0 Å². The van der Waals surface area contributed by atoms with Crippen LogP contribution in [0.15, 0.2) is 24.3 Å². The molecule has 78 valence electrons. The van der Waals surface area contributed by atoms with Gasteiger partial charge >= 0.3 is 29.6 Å². The van der Waals surface area contributed by atoms with E-state index in [9.17, 15) is 8.42 Å². The summed E-state index contributed by atoms with van der Waals surface area (Å²) in [6.07, 6.45) is 0. The summed E-state index contributed by atoms with van der Waals surface area (Å²) in [6, 6.07) is 6.51. The van der Waals surface area contributed by atoms with Crippen LogP contribution >= 0.6 is 11.6 Å². The number of anilines is 1. The van der Waals surface area contributed by atoms with Crippen LogP contribution in [-0.4, -0.2) is 18.3 Å². The normalized spacial score (nSPS) is 12.7. The minimum atomic E-state index is -4.06. The number of rotatable bonds is 3. The molecular weight excluding hydrogens is 249 g/mol. The summed E-state index contributed by atoms with van der Waals surface area (Å²) in [7, 11) is -4.06. The average Bonchev–Trinajstić information content (AvgIpc) is 2.07. The van der Waals surface area contributed by atoms with Gasteiger partial charge in [0, 0.05) is 10.7 Å². The Hall–Kier alpha value is 0.220. The molecule has 0 amide bonds. The van der Waals surface area contributed by atoms with Gasteiger partial charge in [0.2, 0.25) is 0 Å². The van der Waals surface area contributed by atoms with Crippen LogP contribution in [0.4, 0.5) is 5.69 Å². The number of halogens is 1. The molecule has 0 heterocycles. The van der Waals surface area contributed by atoms with Crippen LogP contribution < -0.4 is 34.9 Å². The van der Waals surface area contributed by atoms with Crippen molar-refractivity contribution >= 4 is 27.4 Å². The van der Waals surface area contributed by atoms with E-state index >= 15 is 0 Å². The molecule has 1 aromatic carbocycles. The quantitative estimate of drug-likeness (QED) is 0.539. The largest absolute Gasteiger partial charge is 1.00 e. The van der Waals surface area contributed by atoms with Crippen LogP contribution in [0.3, 0.4) is 0 Å². The Kier molecular flexibility index (Phi) is 6.17. The van der Waals surface area contributed by atoms with Crippen LogP contribution in [0.2, 0.25) is 5.02 Å². The zero-order valence-electron chi connectivity index (χ0n) is 8.44. The van der Waals surface area contributed by atoms with Crippen molar-refractivity contribution in [3.8, 4) is 0 Å².